The lowest BCUT2D eigenvalue weighted by Crippen LogP contribution is -2.56. The summed E-state index contributed by atoms with van der Waals surface area (Å²) in [4.78, 5) is 33.9. The minimum atomic E-state index is -2.09. The predicted octanol–water partition coefficient (Wildman–Crippen LogP) is 2.37. The van der Waals surface area contributed by atoms with Gasteiger partial charge in [-0.3, -0.25) is 14.9 Å². The molecule has 3 N–H and O–H groups in total. The number of anilines is 1. The van der Waals surface area contributed by atoms with Crippen LogP contribution in [0.5, 0.6) is 0 Å². The number of alkyl halides is 3. The minimum absolute atomic E-state index is 0.0496. The molecule has 0 unspecified atom stereocenters. The molecular weight excluding hydrogens is 479 g/mol. The van der Waals surface area contributed by atoms with Crippen LogP contribution in [0.15, 0.2) is 48.5 Å². The van der Waals surface area contributed by atoms with E-state index in [1.54, 1.807) is 6.07 Å². The Morgan fingerprint density at radius 3 is 2.33 bits per heavy atom. The maximum Gasteiger partial charge on any atom is 0.270 e. The van der Waals surface area contributed by atoms with E-state index in [0.29, 0.717) is 0 Å². The first kappa shape index (κ1) is 23.6. The second-order valence-electron chi connectivity index (χ2n) is 5.69. The summed E-state index contributed by atoms with van der Waals surface area (Å²) in [6.07, 6.45) is -1.37. The molecule has 1 amide bonds. The molecule has 9 nitrogen and oxygen atoms in total. The molecule has 0 bridgehead atoms. The second kappa shape index (κ2) is 9.90. The van der Waals surface area contributed by atoms with Crippen LogP contribution in [0.1, 0.15) is 20.7 Å². The average molecular weight is 491 g/mol. The van der Waals surface area contributed by atoms with E-state index >= 15 is 0 Å². The molecule has 0 heterocycles. The number of carboxylic acid groups (broad SMARTS) is 1. The highest BCUT2D eigenvalue weighted by Gasteiger charge is 2.35. The summed E-state index contributed by atoms with van der Waals surface area (Å²) in [5, 5.41) is 29.4. The van der Waals surface area contributed by atoms with Crippen molar-refractivity contribution < 1.29 is 19.6 Å². The molecule has 0 fully saturated rings. The summed E-state index contributed by atoms with van der Waals surface area (Å²) in [5.41, 5.74) is -0.390. The summed E-state index contributed by atoms with van der Waals surface area (Å²) in [6, 6.07) is 10.7. The number of aromatic carboxylic acids is 1. The minimum Gasteiger partial charge on any atom is -0.545 e. The van der Waals surface area contributed by atoms with Crippen LogP contribution in [-0.4, -0.2) is 31.9 Å². The zero-order valence-corrected chi connectivity index (χ0v) is 17.8. The third kappa shape index (κ3) is 6.42. The van der Waals surface area contributed by atoms with Gasteiger partial charge in [0.1, 0.15) is 6.17 Å². The molecule has 2 aromatic rings. The topological polar surface area (TPSA) is 136 Å². The number of carbonyl (C=O) groups excluding carboxylic acids is 2. The summed E-state index contributed by atoms with van der Waals surface area (Å²) in [6.45, 7) is 0. The van der Waals surface area contributed by atoms with E-state index in [-0.39, 0.29) is 27.6 Å². The van der Waals surface area contributed by atoms with Crippen molar-refractivity contribution in [3.8, 4) is 0 Å². The van der Waals surface area contributed by atoms with Crippen LogP contribution < -0.4 is 21.1 Å². The van der Waals surface area contributed by atoms with Crippen molar-refractivity contribution in [2.45, 2.75) is 9.96 Å². The molecule has 0 saturated carbocycles. The fraction of sp³-hybridized carbons (Fsp3) is 0.118. The standard InChI is InChI=1S/C17H13Cl3N4O5S/c18-17(19,20)15(22-13(25)9-4-3-5-10(8-9)24(28)29)23-16(30)21-12-7-2-1-6-11(12)14(26)27/h1-8,15H,(H,22,25)(H,26,27)(H2,21,23,30)/p-1/t15-/m0/s1. The van der Waals surface area contributed by atoms with Crippen LogP contribution in [-0.2, 0) is 0 Å². The van der Waals surface area contributed by atoms with Crippen molar-refractivity contribution in [3.63, 3.8) is 0 Å². The van der Waals surface area contributed by atoms with E-state index in [4.69, 9.17) is 47.0 Å². The maximum absolute atomic E-state index is 12.5. The molecule has 1 atom stereocenters. The van der Waals surface area contributed by atoms with E-state index in [2.05, 4.69) is 16.0 Å². The third-order valence-electron chi connectivity index (χ3n) is 3.59. The number of nitro groups is 1. The van der Waals surface area contributed by atoms with Gasteiger partial charge in [0.2, 0.25) is 3.79 Å². The Bertz CT molecular complexity index is 999. The number of rotatable bonds is 6. The van der Waals surface area contributed by atoms with Crippen LogP contribution in [0.3, 0.4) is 0 Å². The fourth-order valence-corrected chi connectivity index (χ4v) is 2.79. The van der Waals surface area contributed by atoms with Crippen LogP contribution in [0.25, 0.3) is 0 Å². The van der Waals surface area contributed by atoms with E-state index in [9.17, 15) is 24.8 Å². The smallest absolute Gasteiger partial charge is 0.270 e. The third-order valence-corrected chi connectivity index (χ3v) is 4.47. The van der Waals surface area contributed by atoms with Gasteiger partial charge in [0.05, 0.1) is 10.9 Å². The lowest BCUT2D eigenvalue weighted by molar-refractivity contribution is -0.384. The Balaban J connectivity index is 2.16. The van der Waals surface area contributed by atoms with E-state index < -0.39 is 26.8 Å². The van der Waals surface area contributed by atoms with Crippen molar-refractivity contribution in [2.75, 3.05) is 5.32 Å². The Kier molecular flexibility index (Phi) is 7.79. The first-order valence-corrected chi connectivity index (χ1v) is 9.53. The zero-order chi connectivity index (χ0) is 22.5. The average Bonchev–Trinajstić information content (AvgIpc) is 2.67. The van der Waals surface area contributed by atoms with Gasteiger partial charge in [0.15, 0.2) is 5.11 Å². The number of nitrogens with one attached hydrogen (secondary N) is 3. The van der Waals surface area contributed by atoms with Crippen LogP contribution in [0, 0.1) is 10.1 Å². The first-order chi connectivity index (χ1) is 14.0. The summed E-state index contributed by atoms with van der Waals surface area (Å²) >= 11 is 22.8. The number of non-ortho nitro benzene ring substituents is 1. The quantitative estimate of drug-likeness (QED) is 0.185. The number of amides is 1. The van der Waals surface area contributed by atoms with E-state index in [1.165, 1.54) is 36.4 Å². The second-order valence-corrected chi connectivity index (χ2v) is 8.46. The number of hydrogen-bond acceptors (Lipinski definition) is 6. The van der Waals surface area contributed by atoms with E-state index in [0.717, 1.165) is 6.07 Å². The number of nitrogens with zero attached hydrogens (tertiary/aromatic N) is 1. The molecule has 0 aliphatic carbocycles. The SMILES string of the molecule is O=C(N[C@@H](NC(=S)Nc1ccccc1C(=O)[O-])C(Cl)(Cl)Cl)c1cccc([N+](=O)[O-])c1. The van der Waals surface area contributed by atoms with Gasteiger partial charge in [-0.25, -0.2) is 0 Å². The molecule has 0 spiro atoms. The van der Waals surface area contributed by atoms with Gasteiger partial charge < -0.3 is 25.9 Å². The van der Waals surface area contributed by atoms with Crippen molar-refractivity contribution >= 4 is 75.4 Å². The molecule has 158 valence electrons. The van der Waals surface area contributed by atoms with Crippen LogP contribution in [0.4, 0.5) is 11.4 Å². The number of halogens is 3. The van der Waals surface area contributed by atoms with Crippen molar-refractivity contribution in [3.05, 3.63) is 69.8 Å². The van der Waals surface area contributed by atoms with E-state index in [1.807, 2.05) is 0 Å². The maximum atomic E-state index is 12.5. The summed E-state index contributed by atoms with van der Waals surface area (Å²) in [5.74, 6) is -2.21. The largest absolute Gasteiger partial charge is 0.545 e. The molecule has 2 rings (SSSR count). The van der Waals surface area contributed by atoms with Gasteiger partial charge in [-0.2, -0.15) is 0 Å². The lowest BCUT2D eigenvalue weighted by atomic mass is 10.2. The van der Waals surface area contributed by atoms with Gasteiger partial charge in [0.25, 0.3) is 11.6 Å². The zero-order valence-electron chi connectivity index (χ0n) is 14.7. The van der Waals surface area contributed by atoms with Crippen molar-refractivity contribution in [1.29, 1.82) is 0 Å². The molecule has 0 saturated heterocycles. The van der Waals surface area contributed by atoms with Gasteiger partial charge in [-0.05, 0) is 24.4 Å². The Labute approximate surface area is 190 Å². The predicted molar refractivity (Wildman–Crippen MR) is 115 cm³/mol. The monoisotopic (exact) mass is 489 g/mol. The van der Waals surface area contributed by atoms with Gasteiger partial charge in [0, 0.05) is 28.9 Å². The number of benzene rings is 2. The number of carboxylic acids is 1. The molecular formula is C17H12Cl3N4O5S-. The Morgan fingerprint density at radius 2 is 1.73 bits per heavy atom. The molecule has 13 heteroatoms. The highest BCUT2D eigenvalue weighted by atomic mass is 35.6. The van der Waals surface area contributed by atoms with Gasteiger partial charge in [-0.15, -0.1) is 0 Å². The van der Waals surface area contributed by atoms with Crippen molar-refractivity contribution in [1.82, 2.24) is 10.6 Å². The van der Waals surface area contributed by atoms with Gasteiger partial charge in [-0.1, -0.05) is 59.1 Å². The molecule has 0 aliphatic heterocycles. The van der Waals surface area contributed by atoms with Gasteiger partial charge >= 0.3 is 0 Å². The summed E-state index contributed by atoms with van der Waals surface area (Å²) < 4.78 is -2.09. The number of hydrogen-bond donors (Lipinski definition) is 3. The van der Waals surface area contributed by atoms with Crippen LogP contribution in [0.2, 0.25) is 0 Å². The molecule has 0 radical (unpaired) electrons. The Hall–Kier alpha value is -2.66. The highest BCUT2D eigenvalue weighted by molar-refractivity contribution is 7.80. The summed E-state index contributed by atoms with van der Waals surface area (Å²) in [7, 11) is 0. The van der Waals surface area contributed by atoms with Crippen LogP contribution >= 0.6 is 47.0 Å². The molecule has 2 aromatic carbocycles. The normalized spacial score (nSPS) is 11.8. The number of thiocarbonyl (C=S) groups is 1. The first-order valence-electron chi connectivity index (χ1n) is 7.99. The molecule has 0 aromatic heterocycles. The molecule has 30 heavy (non-hydrogen) atoms. The molecule has 0 aliphatic rings. The Morgan fingerprint density at radius 1 is 1.07 bits per heavy atom. The number of nitro benzene ring substituents is 1. The lowest BCUT2D eigenvalue weighted by Gasteiger charge is -2.28. The fourth-order valence-electron chi connectivity index (χ4n) is 2.23. The number of carbonyl (C=O) groups is 2. The highest BCUT2D eigenvalue weighted by Crippen LogP contribution is 2.29. The number of para-hydroxylation sites is 1. The van der Waals surface area contributed by atoms with Crippen molar-refractivity contribution in [2.24, 2.45) is 0 Å².